The molecule has 0 atom stereocenters. The van der Waals surface area contributed by atoms with E-state index in [1.165, 1.54) is 0 Å². The topological polar surface area (TPSA) is 68.3 Å². The minimum absolute atomic E-state index is 0.0130. The lowest BCUT2D eigenvalue weighted by molar-refractivity contribution is 0.173. The zero-order valence-corrected chi connectivity index (χ0v) is 8.22. The Morgan fingerprint density at radius 3 is 2.92 bits per heavy atom. The summed E-state index contributed by atoms with van der Waals surface area (Å²) in [7, 11) is 0. The number of nitrogens with two attached hydrogens (primary N) is 1. The highest BCUT2D eigenvalue weighted by Crippen LogP contribution is 2.39. The number of nitrogens with one attached hydrogen (secondary N) is 1. The molecule has 0 spiro atoms. The first kappa shape index (κ1) is 8.37. The Morgan fingerprint density at radius 2 is 2.23 bits per heavy atom. The summed E-state index contributed by atoms with van der Waals surface area (Å²) in [4.78, 5) is 0. The summed E-state index contributed by atoms with van der Waals surface area (Å²) in [5.41, 5.74) is 5.96. The molecule has 68 valence electrons. The fraction of sp³-hybridized carbons (Fsp3) is 0.125. The molecule has 3 N–H and O–H groups in total. The molecule has 1 aliphatic rings. The third kappa shape index (κ3) is 1.35. The minimum atomic E-state index is 0.0130. The molecule has 0 amide bonds. The third-order valence-corrected chi connectivity index (χ3v) is 2.33. The number of ether oxygens (including phenoxy) is 2. The minimum Gasteiger partial charge on any atom is -0.454 e. The van der Waals surface area contributed by atoms with Gasteiger partial charge in [-0.25, -0.2) is 0 Å². The number of hydrogen-bond donors (Lipinski definition) is 2. The van der Waals surface area contributed by atoms with Crippen molar-refractivity contribution in [1.29, 1.82) is 5.41 Å². The van der Waals surface area contributed by atoms with Crippen LogP contribution in [0.4, 0.5) is 0 Å². The van der Waals surface area contributed by atoms with Gasteiger partial charge in [0.15, 0.2) is 11.5 Å². The third-order valence-electron chi connectivity index (χ3n) is 1.74. The molecule has 0 unspecified atom stereocenters. The molecular weight excluding hydrogens is 236 g/mol. The van der Waals surface area contributed by atoms with Crippen LogP contribution in [0.2, 0.25) is 0 Å². The van der Waals surface area contributed by atoms with Crippen molar-refractivity contribution in [3.05, 3.63) is 22.2 Å². The van der Waals surface area contributed by atoms with Gasteiger partial charge >= 0.3 is 0 Å². The Hall–Kier alpha value is -1.23. The van der Waals surface area contributed by atoms with E-state index in [1.54, 1.807) is 12.1 Å². The lowest BCUT2D eigenvalue weighted by atomic mass is 10.2. The maximum atomic E-state index is 7.26. The van der Waals surface area contributed by atoms with Crippen molar-refractivity contribution in [3.8, 4) is 11.5 Å². The second-order valence-electron chi connectivity index (χ2n) is 2.61. The van der Waals surface area contributed by atoms with E-state index in [2.05, 4.69) is 15.9 Å². The summed E-state index contributed by atoms with van der Waals surface area (Å²) in [6.45, 7) is 0.218. The Labute approximate surface area is 83.3 Å². The zero-order valence-electron chi connectivity index (χ0n) is 6.63. The molecule has 1 aromatic rings. The van der Waals surface area contributed by atoms with E-state index in [-0.39, 0.29) is 12.6 Å². The van der Waals surface area contributed by atoms with Crippen molar-refractivity contribution < 1.29 is 9.47 Å². The summed E-state index contributed by atoms with van der Waals surface area (Å²) in [5, 5.41) is 7.26. The molecule has 0 bridgehead atoms. The molecule has 0 aromatic heterocycles. The van der Waals surface area contributed by atoms with Gasteiger partial charge in [0.25, 0.3) is 0 Å². The number of halogens is 1. The van der Waals surface area contributed by atoms with Gasteiger partial charge in [0.2, 0.25) is 6.79 Å². The summed E-state index contributed by atoms with van der Waals surface area (Å²) >= 11 is 3.31. The van der Waals surface area contributed by atoms with Crippen LogP contribution in [0.1, 0.15) is 5.56 Å². The van der Waals surface area contributed by atoms with Crippen LogP contribution in [0.3, 0.4) is 0 Å². The smallest absolute Gasteiger partial charge is 0.231 e. The highest BCUT2D eigenvalue weighted by molar-refractivity contribution is 9.10. The van der Waals surface area contributed by atoms with Crippen molar-refractivity contribution in [3.63, 3.8) is 0 Å². The van der Waals surface area contributed by atoms with Crippen LogP contribution in [0.15, 0.2) is 16.6 Å². The Balaban J connectivity index is 2.55. The molecule has 2 rings (SSSR count). The Bertz CT molecular complexity index is 379. The van der Waals surface area contributed by atoms with Crippen LogP contribution in [-0.4, -0.2) is 12.6 Å². The van der Waals surface area contributed by atoms with Gasteiger partial charge in [-0.15, -0.1) is 0 Å². The fourth-order valence-corrected chi connectivity index (χ4v) is 1.68. The van der Waals surface area contributed by atoms with E-state index in [0.717, 1.165) is 4.47 Å². The van der Waals surface area contributed by atoms with E-state index >= 15 is 0 Å². The quantitative estimate of drug-likeness (QED) is 0.579. The van der Waals surface area contributed by atoms with Crippen molar-refractivity contribution in [2.24, 2.45) is 5.73 Å². The molecule has 13 heavy (non-hydrogen) atoms. The standard InChI is InChI=1S/C8H7BrN2O2/c9-5-1-4(8(10)11)2-6-7(5)13-3-12-6/h1-2H,3H2,(H3,10,11). The van der Waals surface area contributed by atoms with Crippen LogP contribution in [-0.2, 0) is 0 Å². The molecule has 0 saturated heterocycles. The maximum absolute atomic E-state index is 7.26. The number of hydrogen-bond acceptors (Lipinski definition) is 3. The Morgan fingerprint density at radius 1 is 1.46 bits per heavy atom. The lowest BCUT2D eigenvalue weighted by Gasteiger charge is -2.02. The van der Waals surface area contributed by atoms with Gasteiger partial charge < -0.3 is 15.2 Å². The second-order valence-corrected chi connectivity index (χ2v) is 3.46. The van der Waals surface area contributed by atoms with Crippen LogP contribution >= 0.6 is 15.9 Å². The molecule has 0 saturated carbocycles. The van der Waals surface area contributed by atoms with Gasteiger partial charge in [-0.3, -0.25) is 5.41 Å². The molecule has 5 heteroatoms. The summed E-state index contributed by atoms with van der Waals surface area (Å²) in [6, 6.07) is 3.42. The predicted molar refractivity (Wildman–Crippen MR) is 51.3 cm³/mol. The van der Waals surface area contributed by atoms with Crippen molar-refractivity contribution in [2.45, 2.75) is 0 Å². The molecule has 0 radical (unpaired) electrons. The Kier molecular flexibility index (Phi) is 1.88. The van der Waals surface area contributed by atoms with E-state index < -0.39 is 0 Å². The van der Waals surface area contributed by atoms with Crippen LogP contribution in [0.5, 0.6) is 11.5 Å². The molecule has 1 aliphatic heterocycles. The van der Waals surface area contributed by atoms with Gasteiger partial charge in [0.05, 0.1) is 4.47 Å². The summed E-state index contributed by atoms with van der Waals surface area (Å²) in [6.07, 6.45) is 0. The van der Waals surface area contributed by atoms with Crippen LogP contribution < -0.4 is 15.2 Å². The van der Waals surface area contributed by atoms with E-state index in [9.17, 15) is 0 Å². The molecule has 0 fully saturated rings. The summed E-state index contributed by atoms with van der Waals surface area (Å²) in [5.74, 6) is 1.31. The summed E-state index contributed by atoms with van der Waals surface area (Å²) < 4.78 is 11.1. The highest BCUT2D eigenvalue weighted by Gasteiger charge is 2.18. The van der Waals surface area contributed by atoms with Gasteiger partial charge in [0.1, 0.15) is 5.84 Å². The number of amidine groups is 1. The van der Waals surface area contributed by atoms with Crippen LogP contribution in [0.25, 0.3) is 0 Å². The molecule has 1 aromatic carbocycles. The number of nitrogen functional groups attached to an aromatic ring is 1. The highest BCUT2D eigenvalue weighted by atomic mass is 79.9. The first-order valence-electron chi connectivity index (χ1n) is 3.62. The van der Waals surface area contributed by atoms with E-state index in [1.807, 2.05) is 0 Å². The van der Waals surface area contributed by atoms with Gasteiger partial charge in [0, 0.05) is 5.56 Å². The first-order valence-corrected chi connectivity index (χ1v) is 4.41. The SMILES string of the molecule is N=C(N)c1cc(Br)c2c(c1)OCO2. The van der Waals surface area contributed by atoms with Gasteiger partial charge in [-0.1, -0.05) is 0 Å². The number of fused-ring (bicyclic) bond motifs is 1. The van der Waals surface area contributed by atoms with Crippen LogP contribution in [0, 0.1) is 5.41 Å². The second kappa shape index (κ2) is 2.92. The number of benzene rings is 1. The maximum Gasteiger partial charge on any atom is 0.231 e. The first-order chi connectivity index (χ1) is 6.18. The monoisotopic (exact) mass is 242 g/mol. The predicted octanol–water partition coefficient (Wildman–Crippen LogP) is 1.46. The van der Waals surface area contributed by atoms with Gasteiger partial charge in [-0.2, -0.15) is 0 Å². The molecule has 1 heterocycles. The molecular formula is C8H7BrN2O2. The van der Waals surface area contributed by atoms with Crippen molar-refractivity contribution >= 4 is 21.8 Å². The van der Waals surface area contributed by atoms with E-state index in [0.29, 0.717) is 17.1 Å². The van der Waals surface area contributed by atoms with Crippen molar-refractivity contribution in [1.82, 2.24) is 0 Å². The fourth-order valence-electron chi connectivity index (χ4n) is 1.12. The lowest BCUT2D eigenvalue weighted by Crippen LogP contribution is -2.10. The van der Waals surface area contributed by atoms with E-state index in [4.69, 9.17) is 20.6 Å². The largest absolute Gasteiger partial charge is 0.454 e. The van der Waals surface area contributed by atoms with Gasteiger partial charge in [-0.05, 0) is 28.1 Å². The average molecular weight is 243 g/mol. The molecule has 4 nitrogen and oxygen atoms in total. The average Bonchev–Trinajstić information content (AvgIpc) is 2.51. The van der Waals surface area contributed by atoms with Crippen molar-refractivity contribution in [2.75, 3.05) is 6.79 Å². The zero-order chi connectivity index (χ0) is 9.42. The normalized spacial score (nSPS) is 13.0. The number of rotatable bonds is 1. The molecule has 0 aliphatic carbocycles.